The number of aromatic nitrogens is 2. The predicted octanol–water partition coefficient (Wildman–Crippen LogP) is 3.23. The number of amides is 1. The zero-order valence-electron chi connectivity index (χ0n) is 9.43. The Morgan fingerprint density at radius 2 is 2.28 bits per heavy atom. The lowest BCUT2D eigenvalue weighted by Crippen LogP contribution is -2.26. The van der Waals surface area contributed by atoms with Gasteiger partial charge in [-0.2, -0.15) is 0 Å². The molecule has 2 rings (SSSR count). The molecule has 0 saturated carbocycles. The standard InChI is InChI=1S/C11H9BrClN3OS/c1-16(5-8-2-7(12)6-18-8)11(17)9-3-15-10(13)4-14-9/h2-4,6H,5H2,1H3. The molecule has 2 aromatic rings. The van der Waals surface area contributed by atoms with E-state index in [2.05, 4.69) is 25.9 Å². The van der Waals surface area contributed by atoms with E-state index in [0.717, 1.165) is 9.35 Å². The van der Waals surface area contributed by atoms with Gasteiger partial charge in [0.2, 0.25) is 0 Å². The van der Waals surface area contributed by atoms with Crippen LogP contribution in [-0.4, -0.2) is 27.8 Å². The highest BCUT2D eigenvalue weighted by atomic mass is 79.9. The molecule has 0 unspecified atom stereocenters. The van der Waals surface area contributed by atoms with E-state index in [1.54, 1.807) is 23.3 Å². The van der Waals surface area contributed by atoms with Crippen LogP contribution < -0.4 is 0 Å². The van der Waals surface area contributed by atoms with Crippen LogP contribution in [0.1, 0.15) is 15.4 Å². The lowest BCUT2D eigenvalue weighted by atomic mass is 10.3. The van der Waals surface area contributed by atoms with Crippen LogP contribution in [0.15, 0.2) is 28.3 Å². The molecule has 7 heteroatoms. The van der Waals surface area contributed by atoms with Crippen molar-refractivity contribution in [2.24, 2.45) is 0 Å². The monoisotopic (exact) mass is 345 g/mol. The Morgan fingerprint density at radius 3 is 2.83 bits per heavy atom. The molecule has 1 amide bonds. The summed E-state index contributed by atoms with van der Waals surface area (Å²) in [5.74, 6) is -0.177. The van der Waals surface area contributed by atoms with Gasteiger partial charge in [0.15, 0.2) is 0 Å². The van der Waals surface area contributed by atoms with E-state index in [-0.39, 0.29) is 16.8 Å². The topological polar surface area (TPSA) is 46.1 Å². The van der Waals surface area contributed by atoms with Crippen molar-refractivity contribution in [3.05, 3.63) is 44.0 Å². The number of carbonyl (C=O) groups is 1. The van der Waals surface area contributed by atoms with Crippen LogP contribution >= 0.6 is 38.9 Å². The summed E-state index contributed by atoms with van der Waals surface area (Å²) in [6.07, 6.45) is 2.75. The fraction of sp³-hybridized carbons (Fsp3) is 0.182. The van der Waals surface area contributed by atoms with Gasteiger partial charge in [0.25, 0.3) is 5.91 Å². The van der Waals surface area contributed by atoms with Gasteiger partial charge in [0.1, 0.15) is 10.8 Å². The predicted molar refractivity (Wildman–Crippen MR) is 74.9 cm³/mol. The minimum absolute atomic E-state index is 0.177. The largest absolute Gasteiger partial charge is 0.335 e. The number of hydrogen-bond donors (Lipinski definition) is 0. The Balaban J connectivity index is 2.07. The minimum atomic E-state index is -0.177. The van der Waals surface area contributed by atoms with Crippen molar-refractivity contribution < 1.29 is 4.79 Å². The maximum atomic E-state index is 12.0. The van der Waals surface area contributed by atoms with Gasteiger partial charge >= 0.3 is 0 Å². The third-order valence-electron chi connectivity index (χ3n) is 2.20. The van der Waals surface area contributed by atoms with Gasteiger partial charge in [0.05, 0.1) is 18.9 Å². The fourth-order valence-electron chi connectivity index (χ4n) is 1.36. The van der Waals surface area contributed by atoms with Crippen molar-refractivity contribution in [2.45, 2.75) is 6.54 Å². The number of carbonyl (C=O) groups excluding carboxylic acids is 1. The van der Waals surface area contributed by atoms with Crippen molar-refractivity contribution >= 4 is 44.8 Å². The third-order valence-corrected chi connectivity index (χ3v) is 4.08. The van der Waals surface area contributed by atoms with Gasteiger partial charge in [0, 0.05) is 21.8 Å². The molecule has 0 N–H and O–H groups in total. The van der Waals surface area contributed by atoms with Gasteiger partial charge in [-0.25, -0.2) is 9.97 Å². The van der Waals surface area contributed by atoms with Gasteiger partial charge in [-0.15, -0.1) is 11.3 Å². The SMILES string of the molecule is CN(Cc1cc(Br)cs1)C(=O)c1cnc(Cl)cn1. The van der Waals surface area contributed by atoms with Crippen molar-refractivity contribution in [1.29, 1.82) is 0 Å². The van der Waals surface area contributed by atoms with Crippen LogP contribution in [0, 0.1) is 0 Å². The highest BCUT2D eigenvalue weighted by Gasteiger charge is 2.14. The summed E-state index contributed by atoms with van der Waals surface area (Å²) in [5.41, 5.74) is 0.289. The fourth-order valence-corrected chi connectivity index (χ4v) is 2.96. The Labute approximate surface area is 122 Å². The number of nitrogens with zero attached hydrogens (tertiary/aromatic N) is 3. The van der Waals surface area contributed by atoms with E-state index in [1.165, 1.54) is 12.4 Å². The Hall–Kier alpha value is -0.980. The molecule has 0 aliphatic rings. The van der Waals surface area contributed by atoms with Gasteiger partial charge in [-0.05, 0) is 22.0 Å². The minimum Gasteiger partial charge on any atom is -0.335 e. The lowest BCUT2D eigenvalue weighted by Gasteiger charge is -2.15. The quantitative estimate of drug-likeness (QED) is 0.857. The molecule has 18 heavy (non-hydrogen) atoms. The molecule has 0 radical (unpaired) electrons. The molecule has 4 nitrogen and oxygen atoms in total. The summed E-state index contributed by atoms with van der Waals surface area (Å²) in [5, 5.41) is 2.26. The second-order valence-corrected chi connectivity index (χ2v) is 5.92. The van der Waals surface area contributed by atoms with E-state index in [4.69, 9.17) is 11.6 Å². The van der Waals surface area contributed by atoms with Crippen molar-refractivity contribution in [3.63, 3.8) is 0 Å². The number of rotatable bonds is 3. The van der Waals surface area contributed by atoms with Crippen LogP contribution in [-0.2, 0) is 6.54 Å². The summed E-state index contributed by atoms with van der Waals surface area (Å²) in [4.78, 5) is 22.5. The average Bonchev–Trinajstić information content (AvgIpc) is 2.75. The number of hydrogen-bond acceptors (Lipinski definition) is 4. The molecule has 2 aromatic heterocycles. The van der Waals surface area contributed by atoms with Gasteiger partial charge in [-0.3, -0.25) is 4.79 Å². The smallest absolute Gasteiger partial charge is 0.274 e. The van der Waals surface area contributed by atoms with Crippen LogP contribution in [0.25, 0.3) is 0 Å². The van der Waals surface area contributed by atoms with Crippen LogP contribution in [0.4, 0.5) is 0 Å². The summed E-state index contributed by atoms with van der Waals surface area (Å²) in [7, 11) is 1.73. The molecule has 94 valence electrons. The highest BCUT2D eigenvalue weighted by molar-refractivity contribution is 9.10. The van der Waals surface area contributed by atoms with Crippen molar-refractivity contribution in [2.75, 3.05) is 7.05 Å². The van der Waals surface area contributed by atoms with Crippen molar-refractivity contribution in [1.82, 2.24) is 14.9 Å². The Morgan fingerprint density at radius 1 is 1.50 bits per heavy atom. The summed E-state index contributed by atoms with van der Waals surface area (Å²) < 4.78 is 1.02. The molecule has 2 heterocycles. The van der Waals surface area contributed by atoms with Crippen LogP contribution in [0.3, 0.4) is 0 Å². The van der Waals surface area contributed by atoms with Crippen molar-refractivity contribution in [3.8, 4) is 0 Å². The average molecular weight is 347 g/mol. The van der Waals surface area contributed by atoms with Crippen LogP contribution in [0.5, 0.6) is 0 Å². The van der Waals surface area contributed by atoms with Crippen LogP contribution in [0.2, 0.25) is 5.15 Å². The first kappa shape index (κ1) is 13.5. The lowest BCUT2D eigenvalue weighted by molar-refractivity contribution is 0.0780. The van der Waals surface area contributed by atoms with E-state index >= 15 is 0 Å². The molecular formula is C11H9BrClN3OS. The van der Waals surface area contributed by atoms with E-state index < -0.39 is 0 Å². The number of thiophene rings is 1. The zero-order chi connectivity index (χ0) is 13.1. The summed E-state index contributed by atoms with van der Waals surface area (Å²) >= 11 is 10.6. The van der Waals surface area contributed by atoms with E-state index in [9.17, 15) is 4.79 Å². The molecule has 0 fully saturated rings. The maximum absolute atomic E-state index is 12.0. The third kappa shape index (κ3) is 3.28. The first-order valence-corrected chi connectivity index (χ1v) is 7.07. The summed E-state index contributed by atoms with van der Waals surface area (Å²) in [6, 6.07) is 1.99. The zero-order valence-corrected chi connectivity index (χ0v) is 12.6. The molecular weight excluding hydrogens is 338 g/mol. The summed E-state index contributed by atoms with van der Waals surface area (Å²) in [6.45, 7) is 0.541. The van der Waals surface area contributed by atoms with E-state index in [1.807, 2.05) is 11.4 Å². The second-order valence-electron chi connectivity index (χ2n) is 3.62. The maximum Gasteiger partial charge on any atom is 0.274 e. The first-order chi connectivity index (χ1) is 8.56. The Bertz CT molecular complexity index is 558. The molecule has 0 bridgehead atoms. The molecule has 0 atom stereocenters. The molecule has 0 spiro atoms. The molecule has 0 aliphatic carbocycles. The van der Waals surface area contributed by atoms with E-state index in [0.29, 0.717) is 6.54 Å². The van der Waals surface area contributed by atoms with Gasteiger partial charge < -0.3 is 4.90 Å². The second kappa shape index (κ2) is 5.77. The first-order valence-electron chi connectivity index (χ1n) is 5.02. The number of halogens is 2. The Kier molecular flexibility index (Phi) is 4.31. The molecule has 0 aliphatic heterocycles. The molecule has 0 saturated heterocycles. The highest BCUT2D eigenvalue weighted by Crippen LogP contribution is 2.21. The molecule has 0 aromatic carbocycles. The normalized spacial score (nSPS) is 10.4. The van der Waals surface area contributed by atoms with Gasteiger partial charge in [-0.1, -0.05) is 11.6 Å².